The Morgan fingerprint density at radius 3 is 1.47 bits per heavy atom. The highest BCUT2D eigenvalue weighted by Gasteiger charge is 2.30. The van der Waals surface area contributed by atoms with Gasteiger partial charge in [0, 0.05) is 5.56 Å². The lowest BCUT2D eigenvalue weighted by atomic mass is 9.97. The van der Waals surface area contributed by atoms with Crippen molar-refractivity contribution in [3.8, 4) is 11.5 Å². The van der Waals surface area contributed by atoms with E-state index < -0.39 is 8.07 Å². The molecule has 1 heteroatoms. The summed E-state index contributed by atoms with van der Waals surface area (Å²) in [6, 6.07) is 41.0. The molecule has 0 heterocycles. The van der Waals surface area contributed by atoms with E-state index in [1.54, 1.807) is 0 Å². The van der Waals surface area contributed by atoms with E-state index in [2.05, 4.69) is 133 Å². The lowest BCUT2D eigenvalue weighted by molar-refractivity contribution is 1.70. The van der Waals surface area contributed by atoms with E-state index in [1.807, 2.05) is 0 Å². The lowest BCUT2D eigenvalue weighted by Gasteiger charge is -2.22. The maximum atomic E-state index is 3.82. The molecule has 0 spiro atoms. The summed E-state index contributed by atoms with van der Waals surface area (Å²) in [5, 5.41) is 7.61. The minimum atomic E-state index is -2.22. The molecule has 0 aliphatic heterocycles. The Hall–Kier alpha value is -3.60. The smallest absolute Gasteiger partial charge is 0.115 e. The van der Waals surface area contributed by atoms with Gasteiger partial charge < -0.3 is 0 Å². The quantitative estimate of drug-likeness (QED) is 0.201. The topological polar surface area (TPSA) is 0 Å². The molecule has 0 fully saturated rings. The third-order valence-electron chi connectivity index (χ3n) is 5.91. The fourth-order valence-electron chi connectivity index (χ4n) is 4.19. The van der Waals surface area contributed by atoms with E-state index in [9.17, 15) is 0 Å². The Bertz CT molecular complexity index is 1300. The third-order valence-corrected chi connectivity index (χ3v) is 9.51. The van der Waals surface area contributed by atoms with Gasteiger partial charge in [0.2, 0.25) is 0 Å². The summed E-state index contributed by atoms with van der Waals surface area (Å²) in [6.45, 7) is 2.36. The van der Waals surface area contributed by atoms with Gasteiger partial charge in [-0.25, -0.2) is 0 Å². The van der Waals surface area contributed by atoms with Crippen molar-refractivity contribution < 1.29 is 0 Å². The van der Waals surface area contributed by atoms with Gasteiger partial charge in [0.25, 0.3) is 0 Å². The standard InChI is InChI=1S/C29H22Si/c1-30(25-14-4-2-5-15-25,26-16-6-3-7-17-26)21-20-29-27-18-10-8-12-23(27)22-24-13-9-11-19-28(24)29/h2-19,22H,1H3. The molecule has 0 N–H and O–H groups in total. The van der Waals surface area contributed by atoms with E-state index in [0.29, 0.717) is 0 Å². The number of fused-ring (bicyclic) bond motifs is 2. The maximum absolute atomic E-state index is 3.82. The lowest BCUT2D eigenvalue weighted by Crippen LogP contribution is -2.54. The molecule has 0 radical (unpaired) electrons. The SMILES string of the molecule is C[Si](C#Cc1c2ccccc2cc2ccccc12)(c1ccccc1)c1ccccc1. The van der Waals surface area contributed by atoms with Gasteiger partial charge in [-0.3, -0.25) is 0 Å². The molecule has 0 aliphatic carbocycles. The molecule has 5 rings (SSSR count). The van der Waals surface area contributed by atoms with Crippen LogP contribution in [0.2, 0.25) is 6.55 Å². The summed E-state index contributed by atoms with van der Waals surface area (Å²) in [4.78, 5) is 0. The normalized spacial score (nSPS) is 11.2. The fraction of sp³-hybridized carbons (Fsp3) is 0.0345. The van der Waals surface area contributed by atoms with E-state index in [1.165, 1.54) is 31.9 Å². The maximum Gasteiger partial charge on any atom is 0.196 e. The second-order valence-electron chi connectivity index (χ2n) is 7.80. The molecule has 5 aromatic rings. The predicted molar refractivity (Wildman–Crippen MR) is 132 cm³/mol. The summed E-state index contributed by atoms with van der Waals surface area (Å²) < 4.78 is 0. The van der Waals surface area contributed by atoms with Crippen LogP contribution in [0.5, 0.6) is 0 Å². The summed E-state index contributed by atoms with van der Waals surface area (Å²) in [6.07, 6.45) is 0. The van der Waals surface area contributed by atoms with Crippen LogP contribution >= 0.6 is 0 Å². The Labute approximate surface area is 178 Å². The van der Waals surface area contributed by atoms with E-state index in [0.717, 1.165) is 5.56 Å². The molecular formula is C29H22Si. The van der Waals surface area contributed by atoms with Crippen molar-refractivity contribution >= 4 is 40.0 Å². The van der Waals surface area contributed by atoms with Crippen LogP contribution in [-0.4, -0.2) is 8.07 Å². The summed E-state index contributed by atoms with van der Waals surface area (Å²) in [5.74, 6) is 3.68. The number of hydrogen-bond acceptors (Lipinski definition) is 0. The molecule has 0 saturated carbocycles. The monoisotopic (exact) mass is 398 g/mol. The van der Waals surface area contributed by atoms with Crippen molar-refractivity contribution in [3.05, 3.63) is 121 Å². The van der Waals surface area contributed by atoms with Crippen LogP contribution < -0.4 is 10.4 Å². The zero-order valence-corrected chi connectivity index (χ0v) is 18.0. The molecule has 0 saturated heterocycles. The Morgan fingerprint density at radius 2 is 0.967 bits per heavy atom. The summed E-state index contributed by atoms with van der Waals surface area (Å²) in [7, 11) is -2.22. The van der Waals surface area contributed by atoms with Crippen molar-refractivity contribution in [1.82, 2.24) is 0 Å². The van der Waals surface area contributed by atoms with Crippen molar-refractivity contribution in [1.29, 1.82) is 0 Å². The van der Waals surface area contributed by atoms with Crippen LogP contribution in [0, 0.1) is 11.5 Å². The predicted octanol–water partition coefficient (Wildman–Crippen LogP) is 5.78. The zero-order valence-electron chi connectivity index (χ0n) is 17.0. The van der Waals surface area contributed by atoms with Gasteiger partial charge in [-0.15, -0.1) is 5.54 Å². The van der Waals surface area contributed by atoms with E-state index >= 15 is 0 Å². The second kappa shape index (κ2) is 7.67. The van der Waals surface area contributed by atoms with Crippen molar-refractivity contribution in [3.63, 3.8) is 0 Å². The van der Waals surface area contributed by atoms with Crippen LogP contribution in [0.3, 0.4) is 0 Å². The molecule has 142 valence electrons. The van der Waals surface area contributed by atoms with Gasteiger partial charge in [-0.05, 0) is 38.0 Å². The molecule has 0 amide bonds. The molecule has 0 nitrogen and oxygen atoms in total. The average Bonchev–Trinajstić information content (AvgIpc) is 2.82. The van der Waals surface area contributed by atoms with Crippen molar-refractivity contribution in [2.75, 3.05) is 0 Å². The van der Waals surface area contributed by atoms with Crippen molar-refractivity contribution in [2.24, 2.45) is 0 Å². The van der Waals surface area contributed by atoms with Gasteiger partial charge in [0.15, 0.2) is 8.07 Å². The first-order valence-corrected chi connectivity index (χ1v) is 12.8. The van der Waals surface area contributed by atoms with Gasteiger partial charge in [-0.2, -0.15) is 0 Å². The number of hydrogen-bond donors (Lipinski definition) is 0. The largest absolute Gasteiger partial charge is 0.196 e. The van der Waals surface area contributed by atoms with Gasteiger partial charge in [-0.1, -0.05) is 122 Å². The highest BCUT2D eigenvalue weighted by atomic mass is 28.3. The molecule has 0 aliphatic rings. The molecule has 0 unspecified atom stereocenters. The second-order valence-corrected chi connectivity index (χ2v) is 11.5. The van der Waals surface area contributed by atoms with E-state index in [4.69, 9.17) is 0 Å². The zero-order chi connectivity index (χ0) is 20.4. The van der Waals surface area contributed by atoms with Crippen molar-refractivity contribution in [2.45, 2.75) is 6.55 Å². The molecule has 0 atom stereocenters. The fourth-order valence-corrected chi connectivity index (χ4v) is 6.91. The molecule has 30 heavy (non-hydrogen) atoms. The first-order chi connectivity index (χ1) is 14.8. The Balaban J connectivity index is 1.79. The van der Waals surface area contributed by atoms with Gasteiger partial charge in [0.1, 0.15) is 0 Å². The van der Waals surface area contributed by atoms with Gasteiger partial charge >= 0.3 is 0 Å². The number of rotatable bonds is 2. The van der Waals surface area contributed by atoms with Gasteiger partial charge in [0.05, 0.1) is 0 Å². The van der Waals surface area contributed by atoms with Crippen LogP contribution in [0.1, 0.15) is 5.56 Å². The summed E-state index contributed by atoms with van der Waals surface area (Å²) in [5.41, 5.74) is 4.95. The highest BCUT2D eigenvalue weighted by molar-refractivity contribution is 7.07. The van der Waals surface area contributed by atoms with Crippen LogP contribution in [-0.2, 0) is 0 Å². The van der Waals surface area contributed by atoms with E-state index in [-0.39, 0.29) is 0 Å². The minimum Gasteiger partial charge on any atom is -0.115 e. The molecular weight excluding hydrogens is 376 g/mol. The number of benzene rings is 5. The first kappa shape index (κ1) is 18.4. The Kier molecular flexibility index (Phi) is 4.71. The first-order valence-electron chi connectivity index (χ1n) is 10.3. The third kappa shape index (κ3) is 3.22. The van der Waals surface area contributed by atoms with Crippen LogP contribution in [0.4, 0.5) is 0 Å². The average molecular weight is 399 g/mol. The van der Waals surface area contributed by atoms with Crippen LogP contribution in [0.25, 0.3) is 21.5 Å². The minimum absolute atomic E-state index is 1.13. The molecule has 5 aromatic carbocycles. The Morgan fingerprint density at radius 1 is 0.533 bits per heavy atom. The highest BCUT2D eigenvalue weighted by Crippen LogP contribution is 2.27. The molecule has 0 bridgehead atoms. The molecule has 0 aromatic heterocycles. The summed E-state index contributed by atoms with van der Waals surface area (Å²) >= 11 is 0. The van der Waals surface area contributed by atoms with Crippen LogP contribution in [0.15, 0.2) is 115 Å².